The zero-order chi connectivity index (χ0) is 20.0. The van der Waals surface area contributed by atoms with Crippen LogP contribution in [0, 0.1) is 5.82 Å². The van der Waals surface area contributed by atoms with Gasteiger partial charge in [-0.1, -0.05) is 0 Å². The first kappa shape index (κ1) is 18.4. The molecule has 27 heavy (non-hydrogen) atoms. The first-order valence-electron chi connectivity index (χ1n) is 6.85. The molecule has 0 atom stereocenters. The maximum Gasteiger partial charge on any atom is 0.586 e. The van der Waals surface area contributed by atoms with Gasteiger partial charge in [-0.25, -0.2) is 9.37 Å². The minimum Gasteiger partial charge on any atom is -0.402 e. The highest BCUT2D eigenvalue weighted by Crippen LogP contribution is 2.43. The second-order valence-electron chi connectivity index (χ2n) is 5.06. The molecule has 3 rings (SSSR count). The SMILES string of the molecule is Nc1cc2c(cc1C(=O)Nc1cc(OC(F)(F)F)c(F)cn1)OC(F)(F)O2. The summed E-state index contributed by atoms with van der Waals surface area (Å²) in [5, 5.41) is 2.04. The number of anilines is 2. The molecule has 0 bridgehead atoms. The number of nitrogens with two attached hydrogens (primary N) is 1. The number of nitrogens with one attached hydrogen (secondary N) is 1. The van der Waals surface area contributed by atoms with E-state index < -0.39 is 47.4 Å². The van der Waals surface area contributed by atoms with E-state index in [1.165, 1.54) is 0 Å². The topological polar surface area (TPSA) is 95.7 Å². The smallest absolute Gasteiger partial charge is 0.402 e. The third-order valence-corrected chi connectivity index (χ3v) is 3.11. The zero-order valence-corrected chi connectivity index (χ0v) is 12.7. The van der Waals surface area contributed by atoms with E-state index in [-0.39, 0.29) is 11.3 Å². The van der Waals surface area contributed by atoms with Crippen LogP contribution in [0.5, 0.6) is 17.2 Å². The third kappa shape index (κ3) is 4.07. The Morgan fingerprint density at radius 2 is 1.81 bits per heavy atom. The minimum absolute atomic E-state index is 0.290. The lowest BCUT2D eigenvalue weighted by Crippen LogP contribution is -2.25. The lowest BCUT2D eigenvalue weighted by atomic mass is 10.1. The molecule has 0 saturated heterocycles. The number of benzene rings is 1. The van der Waals surface area contributed by atoms with Gasteiger partial charge in [-0.2, -0.15) is 0 Å². The van der Waals surface area contributed by atoms with Crippen molar-refractivity contribution in [2.75, 3.05) is 11.1 Å². The molecular weight excluding hydrogens is 388 g/mol. The Labute approximate surface area is 145 Å². The number of ether oxygens (including phenoxy) is 3. The van der Waals surface area contributed by atoms with E-state index in [1.807, 2.05) is 5.32 Å². The number of carbonyl (C=O) groups is 1. The highest BCUT2D eigenvalue weighted by Gasteiger charge is 2.44. The molecule has 13 heteroatoms. The summed E-state index contributed by atoms with van der Waals surface area (Å²) in [5.74, 6) is -5.09. The van der Waals surface area contributed by atoms with Crippen LogP contribution in [0.2, 0.25) is 0 Å². The second-order valence-corrected chi connectivity index (χ2v) is 5.06. The van der Waals surface area contributed by atoms with Crippen molar-refractivity contribution in [1.82, 2.24) is 4.98 Å². The summed E-state index contributed by atoms with van der Waals surface area (Å²) in [5.41, 5.74) is 4.93. The van der Waals surface area contributed by atoms with Gasteiger partial charge in [-0.15, -0.1) is 22.0 Å². The summed E-state index contributed by atoms with van der Waals surface area (Å²) in [7, 11) is 0. The van der Waals surface area contributed by atoms with Crippen molar-refractivity contribution < 1.29 is 45.3 Å². The van der Waals surface area contributed by atoms with Crippen molar-refractivity contribution in [2.24, 2.45) is 0 Å². The van der Waals surface area contributed by atoms with Crippen molar-refractivity contribution >= 4 is 17.4 Å². The van der Waals surface area contributed by atoms with Crippen LogP contribution in [0.4, 0.5) is 37.8 Å². The molecular formula is C14H7F6N3O4. The normalized spacial score (nSPS) is 14.7. The molecule has 0 aliphatic carbocycles. The number of amides is 1. The van der Waals surface area contributed by atoms with E-state index in [0.29, 0.717) is 12.3 Å². The standard InChI is InChI=1S/C14H7F6N3O4/c15-6-4-22-11(3-8(6)25-13(16,17)18)23-12(24)5-1-9-10(2-7(5)21)27-14(19,20)26-9/h1-4H,21H2,(H,22,23,24). The summed E-state index contributed by atoms with van der Waals surface area (Å²) in [6.45, 7) is 0. The molecule has 144 valence electrons. The number of hydrogen-bond donors (Lipinski definition) is 2. The number of halogens is 6. The van der Waals surface area contributed by atoms with Crippen molar-refractivity contribution in [2.45, 2.75) is 12.7 Å². The van der Waals surface area contributed by atoms with Gasteiger partial charge in [0.2, 0.25) is 0 Å². The number of hydrogen-bond acceptors (Lipinski definition) is 6. The van der Waals surface area contributed by atoms with Gasteiger partial charge in [-0.3, -0.25) is 4.79 Å². The molecule has 0 spiro atoms. The molecule has 2 heterocycles. The minimum atomic E-state index is -5.17. The van der Waals surface area contributed by atoms with Gasteiger partial charge < -0.3 is 25.3 Å². The molecule has 1 aromatic carbocycles. The number of aromatic nitrogens is 1. The van der Waals surface area contributed by atoms with E-state index in [4.69, 9.17) is 5.73 Å². The summed E-state index contributed by atoms with van der Waals surface area (Å²) < 4.78 is 87.8. The van der Waals surface area contributed by atoms with E-state index in [1.54, 1.807) is 0 Å². The molecule has 0 saturated carbocycles. The quantitative estimate of drug-likeness (QED) is 0.612. The molecule has 1 aliphatic heterocycles. The summed E-state index contributed by atoms with van der Waals surface area (Å²) in [4.78, 5) is 15.6. The molecule has 1 aromatic heterocycles. The van der Waals surface area contributed by atoms with Crippen LogP contribution in [0.1, 0.15) is 10.4 Å². The van der Waals surface area contributed by atoms with Crippen LogP contribution in [-0.4, -0.2) is 23.5 Å². The van der Waals surface area contributed by atoms with Gasteiger partial charge in [0.05, 0.1) is 11.8 Å². The molecule has 2 aromatic rings. The number of carbonyl (C=O) groups excluding carboxylic acids is 1. The van der Waals surface area contributed by atoms with Crippen molar-refractivity contribution in [3.63, 3.8) is 0 Å². The molecule has 0 unspecified atom stereocenters. The summed E-state index contributed by atoms with van der Waals surface area (Å²) in [6, 6.07) is 2.23. The van der Waals surface area contributed by atoms with Crippen LogP contribution in [0.15, 0.2) is 24.4 Å². The maximum atomic E-state index is 13.3. The summed E-state index contributed by atoms with van der Waals surface area (Å²) in [6.07, 6.45) is -8.72. The monoisotopic (exact) mass is 395 g/mol. The summed E-state index contributed by atoms with van der Waals surface area (Å²) >= 11 is 0. The lowest BCUT2D eigenvalue weighted by Gasteiger charge is -2.11. The molecule has 0 radical (unpaired) electrons. The number of alkyl halides is 5. The zero-order valence-electron chi connectivity index (χ0n) is 12.7. The van der Waals surface area contributed by atoms with Crippen LogP contribution < -0.4 is 25.3 Å². The Balaban J connectivity index is 1.84. The van der Waals surface area contributed by atoms with Crippen molar-refractivity contribution in [3.05, 3.63) is 35.8 Å². The van der Waals surface area contributed by atoms with Gasteiger partial charge in [-0.05, 0) is 6.07 Å². The lowest BCUT2D eigenvalue weighted by molar-refractivity contribution is -0.286. The van der Waals surface area contributed by atoms with Crippen molar-refractivity contribution in [1.29, 1.82) is 0 Å². The Morgan fingerprint density at radius 1 is 1.19 bits per heavy atom. The first-order valence-corrected chi connectivity index (χ1v) is 6.85. The number of nitrogen functional groups attached to an aromatic ring is 1. The molecule has 1 amide bonds. The molecule has 0 fully saturated rings. The van der Waals surface area contributed by atoms with E-state index >= 15 is 0 Å². The number of pyridine rings is 1. The van der Waals surface area contributed by atoms with E-state index in [9.17, 15) is 31.1 Å². The predicted molar refractivity (Wildman–Crippen MR) is 75.9 cm³/mol. The van der Waals surface area contributed by atoms with Crippen LogP contribution in [0.25, 0.3) is 0 Å². The van der Waals surface area contributed by atoms with Crippen molar-refractivity contribution in [3.8, 4) is 17.2 Å². The van der Waals surface area contributed by atoms with Gasteiger partial charge in [0.1, 0.15) is 5.82 Å². The van der Waals surface area contributed by atoms with Gasteiger partial charge in [0.15, 0.2) is 23.1 Å². The number of rotatable bonds is 3. The fraction of sp³-hybridized carbons (Fsp3) is 0.143. The highest BCUT2D eigenvalue weighted by atomic mass is 19.4. The van der Waals surface area contributed by atoms with Crippen LogP contribution in [0.3, 0.4) is 0 Å². The Hall–Kier alpha value is -3.38. The molecule has 1 aliphatic rings. The van der Waals surface area contributed by atoms with Gasteiger partial charge in [0, 0.05) is 17.8 Å². The van der Waals surface area contributed by atoms with Gasteiger partial charge in [0.25, 0.3) is 5.91 Å². The van der Waals surface area contributed by atoms with Crippen LogP contribution in [-0.2, 0) is 0 Å². The fourth-order valence-corrected chi connectivity index (χ4v) is 2.08. The second kappa shape index (κ2) is 6.10. The van der Waals surface area contributed by atoms with E-state index in [0.717, 1.165) is 12.1 Å². The Morgan fingerprint density at radius 3 is 2.44 bits per heavy atom. The maximum absolute atomic E-state index is 13.3. The van der Waals surface area contributed by atoms with E-state index in [2.05, 4.69) is 19.2 Å². The largest absolute Gasteiger partial charge is 0.586 e. The fourth-order valence-electron chi connectivity index (χ4n) is 2.08. The Bertz CT molecular complexity index is 918. The van der Waals surface area contributed by atoms with Crippen LogP contribution >= 0.6 is 0 Å². The highest BCUT2D eigenvalue weighted by molar-refractivity contribution is 6.08. The third-order valence-electron chi connectivity index (χ3n) is 3.11. The number of nitrogens with zero attached hydrogens (tertiary/aromatic N) is 1. The number of fused-ring (bicyclic) bond motifs is 1. The molecule has 3 N–H and O–H groups in total. The Kier molecular flexibility index (Phi) is 4.16. The average molecular weight is 395 g/mol. The predicted octanol–water partition coefficient (Wildman–Crippen LogP) is 3.28. The average Bonchev–Trinajstić information content (AvgIpc) is 2.81. The molecule has 7 nitrogen and oxygen atoms in total. The van der Waals surface area contributed by atoms with Gasteiger partial charge >= 0.3 is 12.7 Å². The first-order chi connectivity index (χ1) is 12.4.